The van der Waals surface area contributed by atoms with Gasteiger partial charge in [0.15, 0.2) is 0 Å². The second-order valence-corrected chi connectivity index (χ2v) is 5.03. The van der Waals surface area contributed by atoms with E-state index in [-0.39, 0.29) is 11.9 Å². The molecule has 0 aromatic heterocycles. The van der Waals surface area contributed by atoms with Crippen LogP contribution >= 0.6 is 11.8 Å². The molecular weight excluding hydrogens is 184 g/mol. The SMILES string of the molecule is N[C@H]1CCS[C@H]2CCCCN2C1=O. The fourth-order valence-electron chi connectivity index (χ4n) is 1.99. The van der Waals surface area contributed by atoms with Crippen molar-refractivity contribution < 1.29 is 4.79 Å². The van der Waals surface area contributed by atoms with Crippen LogP contribution in [0.4, 0.5) is 0 Å². The number of rotatable bonds is 0. The van der Waals surface area contributed by atoms with Gasteiger partial charge in [0.25, 0.3) is 0 Å². The molecule has 2 heterocycles. The zero-order valence-corrected chi connectivity index (χ0v) is 8.55. The number of carbonyl (C=O) groups is 1. The summed E-state index contributed by atoms with van der Waals surface area (Å²) >= 11 is 1.90. The Morgan fingerprint density at radius 3 is 3.08 bits per heavy atom. The first-order valence-corrected chi connectivity index (χ1v) is 6.01. The van der Waals surface area contributed by atoms with Gasteiger partial charge in [-0.3, -0.25) is 4.79 Å². The van der Waals surface area contributed by atoms with Crippen molar-refractivity contribution in [2.75, 3.05) is 12.3 Å². The van der Waals surface area contributed by atoms with E-state index in [9.17, 15) is 4.79 Å². The molecule has 0 radical (unpaired) electrons. The molecule has 0 spiro atoms. The van der Waals surface area contributed by atoms with Crippen molar-refractivity contribution in [2.24, 2.45) is 5.73 Å². The second kappa shape index (κ2) is 3.88. The van der Waals surface area contributed by atoms with E-state index < -0.39 is 0 Å². The first-order valence-electron chi connectivity index (χ1n) is 4.97. The van der Waals surface area contributed by atoms with Gasteiger partial charge >= 0.3 is 0 Å². The van der Waals surface area contributed by atoms with Crippen molar-refractivity contribution in [2.45, 2.75) is 37.1 Å². The number of hydrogen-bond donors (Lipinski definition) is 1. The maximum absolute atomic E-state index is 11.8. The summed E-state index contributed by atoms with van der Waals surface area (Å²) in [7, 11) is 0. The summed E-state index contributed by atoms with van der Waals surface area (Å²) in [6, 6.07) is -0.240. The average molecular weight is 200 g/mol. The minimum absolute atomic E-state index is 0.176. The highest BCUT2D eigenvalue weighted by Crippen LogP contribution is 2.30. The van der Waals surface area contributed by atoms with Gasteiger partial charge in [0.05, 0.1) is 11.4 Å². The lowest BCUT2D eigenvalue weighted by Gasteiger charge is -2.34. The van der Waals surface area contributed by atoms with E-state index in [1.165, 1.54) is 6.42 Å². The Bertz CT molecular complexity index is 210. The van der Waals surface area contributed by atoms with Crippen LogP contribution in [0.5, 0.6) is 0 Å². The van der Waals surface area contributed by atoms with Gasteiger partial charge in [0, 0.05) is 6.54 Å². The lowest BCUT2D eigenvalue weighted by molar-refractivity contribution is -0.134. The van der Waals surface area contributed by atoms with Gasteiger partial charge in [-0.1, -0.05) is 0 Å². The summed E-state index contributed by atoms with van der Waals surface area (Å²) in [6.07, 6.45) is 4.41. The van der Waals surface area contributed by atoms with E-state index in [0.29, 0.717) is 5.37 Å². The van der Waals surface area contributed by atoms with Crippen LogP contribution in [0.15, 0.2) is 0 Å². The molecule has 0 aliphatic carbocycles. The zero-order valence-electron chi connectivity index (χ0n) is 7.74. The molecule has 0 bridgehead atoms. The van der Waals surface area contributed by atoms with E-state index in [4.69, 9.17) is 5.73 Å². The Hall–Kier alpha value is -0.220. The molecule has 2 atom stereocenters. The maximum atomic E-state index is 11.8. The van der Waals surface area contributed by atoms with Crippen LogP contribution in [0, 0.1) is 0 Å². The van der Waals surface area contributed by atoms with Crippen LogP contribution in [-0.4, -0.2) is 34.5 Å². The normalized spacial score (nSPS) is 35.5. The number of carbonyl (C=O) groups excluding carboxylic acids is 1. The minimum atomic E-state index is -0.240. The molecule has 13 heavy (non-hydrogen) atoms. The molecule has 0 aromatic rings. The average Bonchev–Trinajstić information content (AvgIpc) is 2.29. The highest BCUT2D eigenvalue weighted by atomic mass is 32.2. The second-order valence-electron chi connectivity index (χ2n) is 3.75. The summed E-state index contributed by atoms with van der Waals surface area (Å²) in [4.78, 5) is 13.8. The van der Waals surface area contributed by atoms with E-state index in [2.05, 4.69) is 0 Å². The third-order valence-electron chi connectivity index (χ3n) is 2.79. The highest BCUT2D eigenvalue weighted by Gasteiger charge is 2.32. The van der Waals surface area contributed by atoms with Crippen LogP contribution in [0.2, 0.25) is 0 Å². The van der Waals surface area contributed by atoms with E-state index in [1.54, 1.807) is 0 Å². The van der Waals surface area contributed by atoms with Crippen LogP contribution in [0.1, 0.15) is 25.7 Å². The molecule has 1 amide bonds. The number of piperidine rings is 1. The van der Waals surface area contributed by atoms with Crippen LogP contribution in [0.3, 0.4) is 0 Å². The van der Waals surface area contributed by atoms with E-state index >= 15 is 0 Å². The first-order chi connectivity index (χ1) is 6.29. The summed E-state index contributed by atoms with van der Waals surface area (Å²) in [5.74, 6) is 1.21. The number of fused-ring (bicyclic) bond motifs is 1. The van der Waals surface area contributed by atoms with Crippen LogP contribution in [0.25, 0.3) is 0 Å². The third kappa shape index (κ3) is 1.83. The molecule has 2 aliphatic rings. The van der Waals surface area contributed by atoms with Gasteiger partial charge in [-0.25, -0.2) is 0 Å². The van der Waals surface area contributed by atoms with Gasteiger partial charge in [-0.15, -0.1) is 11.8 Å². The quantitative estimate of drug-likeness (QED) is 0.629. The summed E-state index contributed by atoms with van der Waals surface area (Å²) in [5.41, 5.74) is 5.78. The fraction of sp³-hybridized carbons (Fsp3) is 0.889. The number of nitrogens with two attached hydrogens (primary N) is 1. The largest absolute Gasteiger partial charge is 0.329 e. The predicted molar refractivity (Wildman–Crippen MR) is 54.4 cm³/mol. The zero-order chi connectivity index (χ0) is 9.26. The number of thioether (sulfide) groups is 1. The third-order valence-corrected chi connectivity index (χ3v) is 4.13. The van der Waals surface area contributed by atoms with Crippen molar-refractivity contribution >= 4 is 17.7 Å². The van der Waals surface area contributed by atoms with Crippen LogP contribution in [-0.2, 0) is 4.79 Å². The molecule has 2 saturated heterocycles. The highest BCUT2D eigenvalue weighted by molar-refractivity contribution is 7.99. The molecular formula is C9H16N2OS. The van der Waals surface area contributed by atoms with Gasteiger partial charge in [-0.05, 0) is 31.4 Å². The minimum Gasteiger partial charge on any atom is -0.329 e. The topological polar surface area (TPSA) is 46.3 Å². The summed E-state index contributed by atoms with van der Waals surface area (Å²) < 4.78 is 0. The van der Waals surface area contributed by atoms with Gasteiger partial charge in [-0.2, -0.15) is 0 Å². The molecule has 74 valence electrons. The molecule has 0 aromatic carbocycles. The molecule has 0 saturated carbocycles. The standard InChI is InChI=1S/C9H16N2OS/c10-7-4-6-13-8-3-1-2-5-11(8)9(7)12/h7-8H,1-6,10H2/t7-,8-/m0/s1. The molecule has 2 rings (SSSR count). The van der Waals surface area contributed by atoms with Gasteiger partial charge in [0.2, 0.25) is 5.91 Å². The van der Waals surface area contributed by atoms with Crippen molar-refractivity contribution in [1.82, 2.24) is 4.90 Å². The lowest BCUT2D eigenvalue weighted by Crippen LogP contribution is -2.47. The molecule has 4 heteroatoms. The van der Waals surface area contributed by atoms with E-state index in [0.717, 1.165) is 31.6 Å². The monoisotopic (exact) mass is 200 g/mol. The van der Waals surface area contributed by atoms with Crippen molar-refractivity contribution in [3.8, 4) is 0 Å². The Morgan fingerprint density at radius 1 is 1.38 bits per heavy atom. The van der Waals surface area contributed by atoms with Gasteiger partial charge in [0.1, 0.15) is 0 Å². The number of nitrogens with zero attached hydrogens (tertiary/aromatic N) is 1. The fourth-order valence-corrected chi connectivity index (χ4v) is 3.38. The van der Waals surface area contributed by atoms with Crippen molar-refractivity contribution in [3.63, 3.8) is 0 Å². The lowest BCUT2D eigenvalue weighted by atomic mass is 10.1. The Balaban J connectivity index is 2.11. The van der Waals surface area contributed by atoms with Gasteiger partial charge < -0.3 is 10.6 Å². The maximum Gasteiger partial charge on any atom is 0.240 e. The molecule has 2 N–H and O–H groups in total. The Morgan fingerprint density at radius 2 is 2.23 bits per heavy atom. The number of hydrogen-bond acceptors (Lipinski definition) is 3. The van der Waals surface area contributed by atoms with Crippen molar-refractivity contribution in [3.05, 3.63) is 0 Å². The Labute approximate surface area is 83.0 Å². The smallest absolute Gasteiger partial charge is 0.240 e. The summed E-state index contributed by atoms with van der Waals surface area (Å²) in [6.45, 7) is 0.921. The first kappa shape index (κ1) is 9.34. The van der Waals surface area contributed by atoms with Crippen molar-refractivity contribution in [1.29, 1.82) is 0 Å². The Kier molecular flexibility index (Phi) is 2.79. The molecule has 2 aliphatic heterocycles. The summed E-state index contributed by atoms with van der Waals surface area (Å²) in [5, 5.41) is 0.426. The van der Waals surface area contributed by atoms with Crippen LogP contribution < -0.4 is 5.73 Å². The molecule has 3 nitrogen and oxygen atoms in total. The molecule has 0 unspecified atom stereocenters. The van der Waals surface area contributed by atoms with E-state index in [1.807, 2.05) is 16.7 Å². The molecule has 2 fully saturated rings. The number of amides is 1. The predicted octanol–water partition coefficient (Wildman–Crippen LogP) is 0.789.